The van der Waals surface area contributed by atoms with Gasteiger partial charge in [-0.3, -0.25) is 24.7 Å². The number of rotatable bonds is 5. The zero-order valence-corrected chi connectivity index (χ0v) is 15.1. The normalized spacial score (nSPS) is 23.3. The first kappa shape index (κ1) is 17.7. The van der Waals surface area contributed by atoms with E-state index < -0.39 is 4.92 Å². The Balaban J connectivity index is 1.27. The molecule has 3 aliphatic heterocycles. The highest BCUT2D eigenvalue weighted by Crippen LogP contribution is 2.27. The highest BCUT2D eigenvalue weighted by atomic mass is 16.6. The Morgan fingerprint density at radius 2 is 1.70 bits per heavy atom. The smallest absolute Gasteiger partial charge is 0.327 e. The molecule has 3 heterocycles. The number of anilines is 1. The van der Waals surface area contributed by atoms with Gasteiger partial charge in [-0.2, -0.15) is 0 Å². The van der Waals surface area contributed by atoms with Crippen LogP contribution in [0, 0.1) is 10.1 Å². The van der Waals surface area contributed by atoms with E-state index in [0.29, 0.717) is 19.6 Å². The van der Waals surface area contributed by atoms with Crippen LogP contribution in [0.2, 0.25) is 0 Å². The number of hydrogen-bond donors (Lipinski definition) is 0. The molecule has 0 radical (unpaired) electrons. The minimum Gasteiger partial charge on any atom is -0.369 e. The molecule has 3 saturated heterocycles. The summed E-state index contributed by atoms with van der Waals surface area (Å²) in [5.74, 6) is -0.0398. The minimum atomic E-state index is -0.395. The fourth-order valence-corrected chi connectivity index (χ4v) is 4.14. The molecule has 0 spiro atoms. The van der Waals surface area contributed by atoms with E-state index in [4.69, 9.17) is 0 Å². The fourth-order valence-electron chi connectivity index (χ4n) is 4.14. The number of imide groups is 1. The highest BCUT2D eigenvalue weighted by molar-refractivity contribution is 6.04. The second-order valence-electron chi connectivity index (χ2n) is 7.23. The van der Waals surface area contributed by atoms with Gasteiger partial charge in [-0.05, 0) is 25.0 Å². The van der Waals surface area contributed by atoms with Crippen LogP contribution in [-0.2, 0) is 4.79 Å². The SMILES string of the molecule is O=C1[C@H]2CCCN2C(=O)N1CCN1CCN(c2ccc([N+](=O)[O-])cc2)CC1. The summed E-state index contributed by atoms with van der Waals surface area (Å²) in [5.41, 5.74) is 1.07. The summed E-state index contributed by atoms with van der Waals surface area (Å²) >= 11 is 0. The number of non-ortho nitro benzene ring substituents is 1. The van der Waals surface area contributed by atoms with Crippen molar-refractivity contribution in [2.24, 2.45) is 0 Å². The molecule has 0 unspecified atom stereocenters. The molecule has 9 heteroatoms. The minimum absolute atomic E-state index is 0.0398. The van der Waals surface area contributed by atoms with Gasteiger partial charge in [-0.25, -0.2) is 4.79 Å². The first-order chi connectivity index (χ1) is 13.0. The van der Waals surface area contributed by atoms with E-state index in [1.54, 1.807) is 17.0 Å². The van der Waals surface area contributed by atoms with E-state index in [0.717, 1.165) is 44.7 Å². The number of fused-ring (bicyclic) bond motifs is 1. The third-order valence-corrected chi connectivity index (χ3v) is 5.72. The van der Waals surface area contributed by atoms with Crippen LogP contribution in [0.5, 0.6) is 0 Å². The van der Waals surface area contributed by atoms with Crippen LogP contribution >= 0.6 is 0 Å². The molecule has 27 heavy (non-hydrogen) atoms. The average Bonchev–Trinajstić information content (AvgIpc) is 3.25. The number of nitro benzene ring substituents is 1. The largest absolute Gasteiger partial charge is 0.369 e. The second kappa shape index (κ2) is 7.15. The molecular formula is C18H23N5O4. The Hall–Kier alpha value is -2.68. The molecule has 1 aromatic carbocycles. The standard InChI is InChI=1S/C18H23N5O4/c24-17-16-2-1-7-21(16)18(25)22(17)13-10-19-8-11-20(12-9-19)14-3-5-15(6-4-14)23(26)27/h3-6,16H,1-2,7-13H2/t16-/m1/s1. The molecule has 3 amide bonds. The van der Waals surface area contributed by atoms with Crippen LogP contribution in [0.15, 0.2) is 24.3 Å². The van der Waals surface area contributed by atoms with E-state index in [-0.39, 0.29) is 23.7 Å². The number of nitro groups is 1. The van der Waals surface area contributed by atoms with Crippen molar-refractivity contribution in [3.8, 4) is 0 Å². The molecule has 0 N–H and O–H groups in total. The molecule has 144 valence electrons. The summed E-state index contributed by atoms with van der Waals surface area (Å²) < 4.78 is 0. The lowest BCUT2D eigenvalue weighted by molar-refractivity contribution is -0.384. The number of piperazine rings is 1. The van der Waals surface area contributed by atoms with Crippen molar-refractivity contribution in [2.45, 2.75) is 18.9 Å². The Morgan fingerprint density at radius 3 is 2.33 bits per heavy atom. The van der Waals surface area contributed by atoms with Gasteiger partial charge in [-0.1, -0.05) is 0 Å². The summed E-state index contributed by atoms with van der Waals surface area (Å²) in [5, 5.41) is 10.8. The summed E-state index contributed by atoms with van der Waals surface area (Å²) in [6, 6.07) is 6.26. The maximum atomic E-state index is 12.4. The maximum Gasteiger partial charge on any atom is 0.327 e. The number of nitrogens with zero attached hydrogens (tertiary/aromatic N) is 5. The number of hydrogen-bond acceptors (Lipinski definition) is 6. The first-order valence-corrected chi connectivity index (χ1v) is 9.38. The molecule has 0 bridgehead atoms. The molecule has 3 aliphatic rings. The van der Waals surface area contributed by atoms with Crippen LogP contribution in [-0.4, -0.2) is 83.4 Å². The molecule has 0 aliphatic carbocycles. The highest BCUT2D eigenvalue weighted by Gasteiger charge is 2.47. The predicted octanol–water partition coefficient (Wildman–Crippen LogP) is 1.14. The van der Waals surface area contributed by atoms with E-state index in [1.165, 1.54) is 17.0 Å². The Kier molecular flexibility index (Phi) is 4.69. The predicted molar refractivity (Wildman–Crippen MR) is 98.6 cm³/mol. The lowest BCUT2D eigenvalue weighted by Gasteiger charge is -2.36. The van der Waals surface area contributed by atoms with Gasteiger partial charge in [-0.15, -0.1) is 0 Å². The van der Waals surface area contributed by atoms with Gasteiger partial charge in [0.2, 0.25) is 0 Å². The van der Waals surface area contributed by atoms with Crippen LogP contribution in [0.1, 0.15) is 12.8 Å². The third-order valence-electron chi connectivity index (χ3n) is 5.72. The molecule has 1 atom stereocenters. The first-order valence-electron chi connectivity index (χ1n) is 9.38. The summed E-state index contributed by atoms with van der Waals surface area (Å²) in [6.45, 7) is 5.12. The van der Waals surface area contributed by atoms with Crippen molar-refractivity contribution in [3.63, 3.8) is 0 Å². The van der Waals surface area contributed by atoms with Gasteiger partial charge >= 0.3 is 6.03 Å². The number of carbonyl (C=O) groups is 2. The number of carbonyl (C=O) groups excluding carboxylic acids is 2. The summed E-state index contributed by atoms with van der Waals surface area (Å²) in [7, 11) is 0. The average molecular weight is 373 g/mol. The van der Waals surface area contributed by atoms with Crippen molar-refractivity contribution >= 4 is 23.3 Å². The van der Waals surface area contributed by atoms with E-state index in [9.17, 15) is 19.7 Å². The number of amides is 3. The molecule has 9 nitrogen and oxygen atoms in total. The van der Waals surface area contributed by atoms with Crippen molar-refractivity contribution in [1.29, 1.82) is 0 Å². The lowest BCUT2D eigenvalue weighted by atomic mass is 10.2. The van der Waals surface area contributed by atoms with E-state index >= 15 is 0 Å². The quantitative estimate of drug-likeness (QED) is 0.437. The summed E-state index contributed by atoms with van der Waals surface area (Å²) in [6.07, 6.45) is 1.70. The van der Waals surface area contributed by atoms with Gasteiger partial charge in [0, 0.05) is 63.6 Å². The van der Waals surface area contributed by atoms with Crippen LogP contribution < -0.4 is 4.90 Å². The third kappa shape index (κ3) is 3.34. The van der Waals surface area contributed by atoms with Crippen LogP contribution in [0.4, 0.5) is 16.2 Å². The van der Waals surface area contributed by atoms with E-state index in [2.05, 4.69) is 9.80 Å². The topological polar surface area (TPSA) is 90.2 Å². The molecule has 0 aromatic heterocycles. The van der Waals surface area contributed by atoms with Gasteiger partial charge < -0.3 is 9.80 Å². The molecule has 1 aromatic rings. The van der Waals surface area contributed by atoms with Crippen LogP contribution in [0.25, 0.3) is 0 Å². The fraction of sp³-hybridized carbons (Fsp3) is 0.556. The lowest BCUT2D eigenvalue weighted by Crippen LogP contribution is -2.49. The Labute approximate surface area is 157 Å². The van der Waals surface area contributed by atoms with Crippen molar-refractivity contribution < 1.29 is 14.5 Å². The van der Waals surface area contributed by atoms with E-state index in [1.807, 2.05) is 0 Å². The van der Waals surface area contributed by atoms with Gasteiger partial charge in [0.15, 0.2) is 0 Å². The van der Waals surface area contributed by atoms with Gasteiger partial charge in [0.05, 0.1) is 4.92 Å². The monoisotopic (exact) mass is 373 g/mol. The summed E-state index contributed by atoms with van der Waals surface area (Å²) in [4.78, 5) is 42.6. The van der Waals surface area contributed by atoms with Crippen molar-refractivity contribution in [2.75, 3.05) is 50.7 Å². The molecular weight excluding hydrogens is 350 g/mol. The van der Waals surface area contributed by atoms with Gasteiger partial charge in [0.1, 0.15) is 6.04 Å². The zero-order chi connectivity index (χ0) is 19.0. The van der Waals surface area contributed by atoms with Gasteiger partial charge in [0.25, 0.3) is 11.6 Å². The second-order valence-corrected chi connectivity index (χ2v) is 7.23. The molecule has 3 fully saturated rings. The maximum absolute atomic E-state index is 12.4. The zero-order valence-electron chi connectivity index (χ0n) is 15.1. The molecule has 0 saturated carbocycles. The van der Waals surface area contributed by atoms with Crippen LogP contribution in [0.3, 0.4) is 0 Å². The number of benzene rings is 1. The molecule has 4 rings (SSSR count). The van der Waals surface area contributed by atoms with Crippen molar-refractivity contribution in [1.82, 2.24) is 14.7 Å². The Bertz CT molecular complexity index is 723. The van der Waals surface area contributed by atoms with Crippen molar-refractivity contribution in [3.05, 3.63) is 34.4 Å². The Morgan fingerprint density at radius 1 is 1.00 bits per heavy atom. The number of urea groups is 1.